The van der Waals surface area contributed by atoms with Crippen LogP contribution >= 0.6 is 33.7 Å². The van der Waals surface area contributed by atoms with E-state index in [0.717, 1.165) is 0 Å². The molecule has 2 aliphatic rings. The van der Waals surface area contributed by atoms with Crippen molar-refractivity contribution in [3.05, 3.63) is 52.3 Å². The van der Waals surface area contributed by atoms with Crippen LogP contribution in [0.2, 0.25) is 0 Å². The fraction of sp³-hybridized carbons (Fsp3) is 0.286. The second kappa shape index (κ2) is 4.67. The van der Waals surface area contributed by atoms with E-state index in [1.807, 2.05) is 23.5 Å². The van der Waals surface area contributed by atoms with Gasteiger partial charge in [0.1, 0.15) is 0 Å². The summed E-state index contributed by atoms with van der Waals surface area (Å²) in [5.74, 6) is 0. The van der Waals surface area contributed by atoms with E-state index in [2.05, 4.69) is 53.7 Å². The maximum absolute atomic E-state index is 6.51. The molecular formula is C14H17NS3. The fourth-order valence-corrected chi connectivity index (χ4v) is 5.37. The van der Waals surface area contributed by atoms with Crippen molar-refractivity contribution in [1.82, 2.24) is 0 Å². The van der Waals surface area contributed by atoms with Crippen molar-refractivity contribution in [1.29, 1.82) is 0 Å². The molecule has 0 saturated carbocycles. The zero-order chi connectivity index (χ0) is 12.8. The van der Waals surface area contributed by atoms with E-state index in [4.69, 9.17) is 5.14 Å². The van der Waals surface area contributed by atoms with Crippen LogP contribution in [0.1, 0.15) is 21.6 Å². The van der Waals surface area contributed by atoms with E-state index in [1.54, 1.807) is 0 Å². The Kier molecular flexibility index (Phi) is 3.30. The van der Waals surface area contributed by atoms with Gasteiger partial charge in [-0.1, -0.05) is 30.4 Å². The zero-order valence-corrected chi connectivity index (χ0v) is 12.9. The van der Waals surface area contributed by atoms with E-state index >= 15 is 0 Å². The van der Waals surface area contributed by atoms with Crippen molar-refractivity contribution in [2.75, 3.05) is 12.5 Å². The van der Waals surface area contributed by atoms with Crippen molar-refractivity contribution in [3.63, 3.8) is 0 Å². The molecule has 96 valence electrons. The number of thioether (sulfide) groups is 2. The molecule has 0 spiro atoms. The summed E-state index contributed by atoms with van der Waals surface area (Å²) >= 11 is 3.77. The summed E-state index contributed by atoms with van der Waals surface area (Å²) in [7, 11) is -1.20. The Labute approximate surface area is 119 Å². The first kappa shape index (κ1) is 12.7. The third-order valence-corrected chi connectivity index (χ3v) is 6.73. The first-order valence-electron chi connectivity index (χ1n) is 5.85. The summed E-state index contributed by atoms with van der Waals surface area (Å²) in [5, 5.41) is 11.8. The van der Waals surface area contributed by atoms with Crippen LogP contribution < -0.4 is 5.14 Å². The van der Waals surface area contributed by atoms with Gasteiger partial charge in [0.2, 0.25) is 0 Å². The molecule has 2 heterocycles. The molecule has 1 nitrogen and oxygen atoms in total. The standard InChI is InChI=1S/C14H17NS3/c1-18(2,15)14-10(12-6-8-16-12)4-3-5-11(14)13-7-9-17-13/h3-9,12-13H,15H2,1-2H3. The summed E-state index contributed by atoms with van der Waals surface area (Å²) in [4.78, 5) is 1.41. The monoisotopic (exact) mass is 295 g/mol. The molecule has 1 aromatic rings. The highest BCUT2D eigenvalue weighted by molar-refractivity contribution is 8.31. The van der Waals surface area contributed by atoms with Gasteiger partial charge in [0, 0.05) is 4.90 Å². The number of benzene rings is 1. The predicted octanol–water partition coefficient (Wildman–Crippen LogP) is 4.59. The molecule has 0 fully saturated rings. The maximum atomic E-state index is 6.51. The lowest BCUT2D eigenvalue weighted by atomic mass is 10.0. The SMILES string of the molecule is CS(C)(N)c1c(C2C=CS2)cccc1C1C=CS1. The van der Waals surface area contributed by atoms with Gasteiger partial charge >= 0.3 is 0 Å². The van der Waals surface area contributed by atoms with Crippen LogP contribution in [0.5, 0.6) is 0 Å². The van der Waals surface area contributed by atoms with Crippen molar-refractivity contribution in [2.45, 2.75) is 15.4 Å². The lowest BCUT2D eigenvalue weighted by molar-refractivity contribution is 1.05. The van der Waals surface area contributed by atoms with Gasteiger partial charge in [-0.3, -0.25) is 5.14 Å². The summed E-state index contributed by atoms with van der Waals surface area (Å²) in [6.07, 6.45) is 8.91. The Balaban J connectivity index is 2.13. The topological polar surface area (TPSA) is 26.0 Å². The second-order valence-corrected chi connectivity index (χ2v) is 10.3. The van der Waals surface area contributed by atoms with Gasteiger partial charge in [-0.15, -0.1) is 23.5 Å². The average molecular weight is 295 g/mol. The van der Waals surface area contributed by atoms with Gasteiger partial charge in [-0.2, -0.15) is 10.2 Å². The summed E-state index contributed by atoms with van der Waals surface area (Å²) in [5.41, 5.74) is 2.84. The summed E-state index contributed by atoms with van der Waals surface area (Å²) < 4.78 is 0. The molecule has 2 atom stereocenters. The molecule has 0 aromatic heterocycles. The smallest absolute Gasteiger partial charge is 0.0537 e. The first-order valence-corrected chi connectivity index (χ1v) is 10.3. The molecule has 0 radical (unpaired) electrons. The fourth-order valence-electron chi connectivity index (χ4n) is 2.30. The Morgan fingerprint density at radius 2 is 1.44 bits per heavy atom. The van der Waals surface area contributed by atoms with Gasteiger partial charge in [0.15, 0.2) is 0 Å². The van der Waals surface area contributed by atoms with Crippen molar-refractivity contribution >= 4 is 33.7 Å². The van der Waals surface area contributed by atoms with Gasteiger partial charge in [-0.25, -0.2) is 0 Å². The molecule has 18 heavy (non-hydrogen) atoms. The van der Waals surface area contributed by atoms with Crippen LogP contribution in [-0.4, -0.2) is 12.5 Å². The predicted molar refractivity (Wildman–Crippen MR) is 87.3 cm³/mol. The minimum Gasteiger partial charge on any atom is -0.291 e. The highest BCUT2D eigenvalue weighted by atomic mass is 32.3. The molecular weight excluding hydrogens is 278 g/mol. The van der Waals surface area contributed by atoms with Crippen LogP contribution in [0.15, 0.2) is 46.1 Å². The minimum absolute atomic E-state index is 0.504. The van der Waals surface area contributed by atoms with E-state index in [0.29, 0.717) is 10.5 Å². The molecule has 0 bridgehead atoms. The van der Waals surface area contributed by atoms with Gasteiger partial charge in [0.05, 0.1) is 10.5 Å². The van der Waals surface area contributed by atoms with E-state index in [-0.39, 0.29) is 0 Å². The Morgan fingerprint density at radius 3 is 1.72 bits per heavy atom. The molecule has 1 aromatic carbocycles. The Bertz CT molecular complexity index is 490. The third-order valence-electron chi connectivity index (χ3n) is 3.17. The number of rotatable bonds is 3. The van der Waals surface area contributed by atoms with Crippen LogP contribution in [0.25, 0.3) is 0 Å². The van der Waals surface area contributed by atoms with Crippen molar-refractivity contribution in [2.24, 2.45) is 5.14 Å². The molecule has 2 aliphatic heterocycles. The van der Waals surface area contributed by atoms with Crippen molar-refractivity contribution < 1.29 is 0 Å². The highest BCUT2D eigenvalue weighted by Crippen LogP contribution is 2.55. The Morgan fingerprint density at radius 1 is 1.00 bits per heavy atom. The lowest BCUT2D eigenvalue weighted by Crippen LogP contribution is -2.15. The van der Waals surface area contributed by atoms with Gasteiger partial charge in [-0.05, 0) is 34.5 Å². The largest absolute Gasteiger partial charge is 0.291 e. The minimum atomic E-state index is -1.20. The van der Waals surface area contributed by atoms with Gasteiger partial charge in [0.25, 0.3) is 0 Å². The molecule has 3 rings (SSSR count). The quantitative estimate of drug-likeness (QED) is 0.883. The second-order valence-electron chi connectivity index (χ2n) is 4.94. The normalized spacial score (nSPS) is 26.6. The summed E-state index contributed by atoms with van der Waals surface area (Å²) in [6, 6.07) is 6.67. The molecule has 0 amide bonds. The molecule has 0 aliphatic carbocycles. The number of hydrogen-bond donors (Lipinski definition) is 1. The lowest BCUT2D eigenvalue weighted by Gasteiger charge is -2.36. The molecule has 4 heteroatoms. The number of hydrogen-bond acceptors (Lipinski definition) is 3. The van der Waals surface area contributed by atoms with Crippen LogP contribution in [0.4, 0.5) is 0 Å². The van der Waals surface area contributed by atoms with Gasteiger partial charge < -0.3 is 0 Å². The van der Waals surface area contributed by atoms with Crippen molar-refractivity contribution in [3.8, 4) is 0 Å². The van der Waals surface area contributed by atoms with E-state index in [9.17, 15) is 0 Å². The average Bonchev–Trinajstić information content (AvgIpc) is 2.10. The Hall–Kier alpha value is -0.290. The maximum Gasteiger partial charge on any atom is 0.0537 e. The van der Waals surface area contributed by atoms with Crippen LogP contribution in [0, 0.1) is 0 Å². The molecule has 2 unspecified atom stereocenters. The van der Waals surface area contributed by atoms with E-state index < -0.39 is 10.2 Å². The molecule has 0 saturated heterocycles. The number of nitrogens with two attached hydrogens (primary N) is 1. The first-order chi connectivity index (χ1) is 8.57. The van der Waals surface area contributed by atoms with Crippen LogP contribution in [-0.2, 0) is 0 Å². The highest BCUT2D eigenvalue weighted by Gasteiger charge is 2.28. The summed E-state index contributed by atoms with van der Waals surface area (Å²) in [6.45, 7) is 0. The zero-order valence-electron chi connectivity index (χ0n) is 10.5. The van der Waals surface area contributed by atoms with Crippen LogP contribution in [0.3, 0.4) is 0 Å². The third kappa shape index (κ3) is 2.16. The van der Waals surface area contributed by atoms with E-state index in [1.165, 1.54) is 16.0 Å². The molecule has 2 N–H and O–H groups in total.